The number of aromatic nitrogens is 2. The topological polar surface area (TPSA) is 88.1 Å². The lowest BCUT2D eigenvalue weighted by molar-refractivity contribution is -0.0455. The number of carbonyl (C=O) groups is 2. The van der Waals surface area contributed by atoms with Crippen molar-refractivity contribution in [1.82, 2.24) is 19.8 Å². The Morgan fingerprint density at radius 2 is 1.70 bits per heavy atom. The summed E-state index contributed by atoms with van der Waals surface area (Å²) >= 11 is 0. The highest BCUT2D eigenvalue weighted by Crippen LogP contribution is 2.44. The number of benzene rings is 1. The summed E-state index contributed by atoms with van der Waals surface area (Å²) in [7, 11) is 0. The molecule has 1 aromatic heterocycles. The summed E-state index contributed by atoms with van der Waals surface area (Å²) in [6, 6.07) is 3.79. The van der Waals surface area contributed by atoms with E-state index in [1.807, 2.05) is 48.5 Å². The van der Waals surface area contributed by atoms with Gasteiger partial charge in [0, 0.05) is 43.7 Å². The maximum atomic E-state index is 14.2. The molecule has 0 N–H and O–H groups in total. The molecule has 2 aliphatic rings. The molecule has 10 heteroatoms. The van der Waals surface area contributed by atoms with E-state index < -0.39 is 11.4 Å². The number of amides is 2. The summed E-state index contributed by atoms with van der Waals surface area (Å²) in [5.41, 5.74) is -0.393. The zero-order valence-corrected chi connectivity index (χ0v) is 22.6. The second kappa shape index (κ2) is 9.79. The molecular formula is C27H36FN5O4. The van der Waals surface area contributed by atoms with Crippen molar-refractivity contribution in [1.29, 1.82) is 0 Å². The Balaban J connectivity index is 1.49. The first-order valence-corrected chi connectivity index (χ1v) is 12.6. The van der Waals surface area contributed by atoms with E-state index in [1.165, 1.54) is 24.5 Å². The molecule has 1 aromatic carbocycles. The molecule has 0 unspecified atom stereocenters. The standard InChI is InChI=1S/C27H36FN5O4/c1-17(2)33(18(3)4)24(34)20-10-19(28)8-9-21(20)36-22-11-29-16-30-23(22)31-12-27(13-31)14-32(15-27)25(35)37-26(5,6)7/h8-11,16-18H,12-15H2,1-7H3. The van der Waals surface area contributed by atoms with Gasteiger partial charge in [0.05, 0.1) is 11.8 Å². The lowest BCUT2D eigenvalue weighted by Gasteiger charge is -2.60. The molecule has 1 spiro atoms. The summed E-state index contributed by atoms with van der Waals surface area (Å²) < 4.78 is 25.8. The van der Waals surface area contributed by atoms with Gasteiger partial charge in [0.15, 0.2) is 11.6 Å². The number of hydrogen-bond acceptors (Lipinski definition) is 7. The molecule has 0 atom stereocenters. The van der Waals surface area contributed by atoms with Gasteiger partial charge in [-0.15, -0.1) is 0 Å². The number of anilines is 1. The van der Waals surface area contributed by atoms with Crippen LogP contribution in [0.15, 0.2) is 30.7 Å². The average Bonchev–Trinajstić information content (AvgIpc) is 2.72. The van der Waals surface area contributed by atoms with Crippen LogP contribution in [0.4, 0.5) is 15.0 Å². The number of carbonyl (C=O) groups excluding carboxylic acids is 2. The molecular weight excluding hydrogens is 477 g/mol. The van der Waals surface area contributed by atoms with E-state index in [0.29, 0.717) is 37.7 Å². The van der Waals surface area contributed by atoms with Gasteiger partial charge in [0.1, 0.15) is 23.5 Å². The second-order valence-corrected chi connectivity index (χ2v) is 11.5. The van der Waals surface area contributed by atoms with Crippen LogP contribution in [0.1, 0.15) is 58.8 Å². The molecule has 2 saturated heterocycles. The molecule has 0 saturated carbocycles. The SMILES string of the molecule is CC(C)N(C(=O)c1cc(F)ccc1Oc1cncnc1N1CC2(CN(C(=O)OC(C)(C)C)C2)C1)C(C)C. The van der Waals surface area contributed by atoms with Gasteiger partial charge in [0.25, 0.3) is 5.91 Å². The van der Waals surface area contributed by atoms with E-state index in [0.717, 1.165) is 0 Å². The van der Waals surface area contributed by atoms with Crippen LogP contribution in [0.25, 0.3) is 0 Å². The van der Waals surface area contributed by atoms with Gasteiger partial charge in [-0.05, 0) is 66.7 Å². The van der Waals surface area contributed by atoms with E-state index in [4.69, 9.17) is 9.47 Å². The number of likely N-dealkylation sites (tertiary alicyclic amines) is 1. The van der Waals surface area contributed by atoms with Crippen molar-refractivity contribution in [3.05, 3.63) is 42.1 Å². The minimum absolute atomic E-state index is 0.00877. The lowest BCUT2D eigenvalue weighted by atomic mass is 9.73. The van der Waals surface area contributed by atoms with E-state index >= 15 is 0 Å². The van der Waals surface area contributed by atoms with Crippen LogP contribution in [-0.2, 0) is 4.74 Å². The fraction of sp³-hybridized carbons (Fsp3) is 0.556. The summed E-state index contributed by atoms with van der Waals surface area (Å²) in [6.45, 7) is 15.9. The Bertz CT molecular complexity index is 1160. The van der Waals surface area contributed by atoms with Gasteiger partial charge in [0.2, 0.25) is 0 Å². The van der Waals surface area contributed by atoms with Crippen LogP contribution >= 0.6 is 0 Å². The van der Waals surface area contributed by atoms with Crippen LogP contribution < -0.4 is 9.64 Å². The van der Waals surface area contributed by atoms with Crippen molar-refractivity contribution in [2.75, 3.05) is 31.1 Å². The minimum Gasteiger partial charge on any atom is -0.451 e. The summed E-state index contributed by atoms with van der Waals surface area (Å²) in [5.74, 6) is 0.378. The lowest BCUT2D eigenvalue weighted by Crippen LogP contribution is -2.73. The van der Waals surface area contributed by atoms with Gasteiger partial charge in [-0.25, -0.2) is 19.2 Å². The Morgan fingerprint density at radius 3 is 2.30 bits per heavy atom. The maximum absolute atomic E-state index is 14.2. The number of hydrogen-bond donors (Lipinski definition) is 0. The molecule has 200 valence electrons. The van der Waals surface area contributed by atoms with Crippen LogP contribution in [0.5, 0.6) is 11.5 Å². The molecule has 0 bridgehead atoms. The normalized spacial score (nSPS) is 16.5. The van der Waals surface area contributed by atoms with Crippen molar-refractivity contribution in [3.63, 3.8) is 0 Å². The van der Waals surface area contributed by atoms with Crippen LogP contribution in [0.2, 0.25) is 0 Å². The first-order chi connectivity index (χ1) is 17.3. The second-order valence-electron chi connectivity index (χ2n) is 11.5. The minimum atomic E-state index is -0.527. The van der Waals surface area contributed by atoms with Gasteiger partial charge < -0.3 is 24.2 Å². The molecule has 9 nitrogen and oxygen atoms in total. The number of ether oxygens (including phenoxy) is 2. The maximum Gasteiger partial charge on any atom is 0.410 e. The summed E-state index contributed by atoms with van der Waals surface area (Å²) in [6.07, 6.45) is 2.69. The monoisotopic (exact) mass is 513 g/mol. The smallest absolute Gasteiger partial charge is 0.410 e. The molecule has 37 heavy (non-hydrogen) atoms. The third-order valence-corrected chi connectivity index (χ3v) is 6.45. The largest absolute Gasteiger partial charge is 0.451 e. The summed E-state index contributed by atoms with van der Waals surface area (Å²) in [4.78, 5) is 39.7. The van der Waals surface area contributed by atoms with Crippen LogP contribution in [0, 0.1) is 11.2 Å². The Kier molecular flexibility index (Phi) is 7.05. The zero-order chi connectivity index (χ0) is 27.1. The van der Waals surface area contributed by atoms with E-state index in [-0.39, 0.29) is 40.8 Å². The first kappa shape index (κ1) is 26.6. The van der Waals surface area contributed by atoms with Crippen molar-refractivity contribution in [3.8, 4) is 11.5 Å². The quantitative estimate of drug-likeness (QED) is 0.552. The van der Waals surface area contributed by atoms with Gasteiger partial charge >= 0.3 is 6.09 Å². The number of nitrogens with zero attached hydrogens (tertiary/aromatic N) is 5. The highest BCUT2D eigenvalue weighted by molar-refractivity contribution is 5.97. The predicted molar refractivity (Wildman–Crippen MR) is 137 cm³/mol. The van der Waals surface area contributed by atoms with Crippen LogP contribution in [0.3, 0.4) is 0 Å². The molecule has 2 amide bonds. The molecule has 2 fully saturated rings. The van der Waals surface area contributed by atoms with Crippen molar-refractivity contribution < 1.29 is 23.5 Å². The third-order valence-electron chi connectivity index (χ3n) is 6.45. The highest BCUT2D eigenvalue weighted by Gasteiger charge is 2.54. The zero-order valence-electron chi connectivity index (χ0n) is 22.6. The van der Waals surface area contributed by atoms with Gasteiger partial charge in [-0.2, -0.15) is 0 Å². The highest BCUT2D eigenvalue weighted by atomic mass is 19.1. The molecule has 0 radical (unpaired) electrons. The van der Waals surface area contributed by atoms with E-state index in [2.05, 4.69) is 14.9 Å². The van der Waals surface area contributed by atoms with E-state index in [9.17, 15) is 14.0 Å². The van der Waals surface area contributed by atoms with Gasteiger partial charge in [-0.3, -0.25) is 4.79 Å². The van der Waals surface area contributed by atoms with Crippen LogP contribution in [-0.4, -0.2) is 75.6 Å². The fourth-order valence-corrected chi connectivity index (χ4v) is 5.03. The molecule has 2 aromatic rings. The van der Waals surface area contributed by atoms with Crippen molar-refractivity contribution in [2.45, 2.75) is 66.2 Å². The summed E-state index contributed by atoms with van der Waals surface area (Å²) in [5, 5.41) is 0. The molecule has 4 rings (SSSR count). The Hall–Kier alpha value is -3.43. The third kappa shape index (κ3) is 5.62. The predicted octanol–water partition coefficient (Wildman–Crippen LogP) is 4.72. The number of halogens is 1. The Labute approximate surface area is 217 Å². The van der Waals surface area contributed by atoms with Crippen molar-refractivity contribution >= 4 is 17.8 Å². The van der Waals surface area contributed by atoms with Crippen molar-refractivity contribution in [2.24, 2.45) is 5.41 Å². The number of rotatable bonds is 6. The Morgan fingerprint density at radius 1 is 1.05 bits per heavy atom. The average molecular weight is 514 g/mol. The fourth-order valence-electron chi connectivity index (χ4n) is 5.03. The molecule has 0 aliphatic carbocycles. The molecule has 3 heterocycles. The first-order valence-electron chi connectivity index (χ1n) is 12.6. The van der Waals surface area contributed by atoms with Gasteiger partial charge in [-0.1, -0.05) is 0 Å². The molecule has 2 aliphatic heterocycles. The van der Waals surface area contributed by atoms with E-state index in [1.54, 1.807) is 16.0 Å².